The summed E-state index contributed by atoms with van der Waals surface area (Å²) >= 11 is 1.63. The number of rotatable bonds is 4. The van der Waals surface area contributed by atoms with E-state index in [4.69, 9.17) is 15.2 Å². The van der Waals surface area contributed by atoms with Crippen molar-refractivity contribution >= 4 is 11.3 Å². The van der Waals surface area contributed by atoms with E-state index < -0.39 is 0 Å². The van der Waals surface area contributed by atoms with Crippen molar-refractivity contribution in [2.75, 3.05) is 13.7 Å². The Morgan fingerprint density at radius 3 is 2.85 bits per heavy atom. The zero-order chi connectivity index (χ0) is 14.4. The zero-order valence-corrected chi connectivity index (χ0v) is 12.4. The van der Waals surface area contributed by atoms with Crippen molar-refractivity contribution in [3.8, 4) is 23.3 Å². The van der Waals surface area contributed by atoms with Gasteiger partial charge in [-0.1, -0.05) is 17.9 Å². The zero-order valence-electron chi connectivity index (χ0n) is 11.6. The van der Waals surface area contributed by atoms with Gasteiger partial charge in [0.05, 0.1) is 18.5 Å². The molecule has 2 aromatic rings. The summed E-state index contributed by atoms with van der Waals surface area (Å²) in [6.45, 7) is 2.86. The van der Waals surface area contributed by atoms with E-state index in [0.29, 0.717) is 13.2 Å². The Bertz CT molecular complexity index is 637. The predicted octanol–water partition coefficient (Wildman–Crippen LogP) is 2.95. The lowest BCUT2D eigenvalue weighted by molar-refractivity contribution is 0.287. The molecule has 104 valence electrons. The number of thiophene rings is 1. The van der Waals surface area contributed by atoms with Gasteiger partial charge in [-0.2, -0.15) is 0 Å². The van der Waals surface area contributed by atoms with E-state index in [9.17, 15) is 0 Å². The van der Waals surface area contributed by atoms with Crippen LogP contribution >= 0.6 is 11.3 Å². The maximum absolute atomic E-state index is 5.83. The first kappa shape index (κ1) is 14.4. The lowest BCUT2D eigenvalue weighted by atomic mass is 10.2. The third-order valence-electron chi connectivity index (χ3n) is 2.75. The summed E-state index contributed by atoms with van der Waals surface area (Å²) in [5.41, 5.74) is 7.51. The molecule has 2 rings (SSSR count). The first-order valence-electron chi connectivity index (χ1n) is 6.27. The van der Waals surface area contributed by atoms with Crippen LogP contribution in [0.5, 0.6) is 11.5 Å². The fourth-order valence-electron chi connectivity index (χ4n) is 1.75. The van der Waals surface area contributed by atoms with Crippen LogP contribution in [-0.2, 0) is 6.61 Å². The van der Waals surface area contributed by atoms with Crippen LogP contribution in [0.15, 0.2) is 29.6 Å². The second kappa shape index (κ2) is 6.99. The van der Waals surface area contributed by atoms with Gasteiger partial charge in [0.1, 0.15) is 6.61 Å². The minimum absolute atomic E-state index is 0.363. The van der Waals surface area contributed by atoms with Crippen LogP contribution in [-0.4, -0.2) is 13.7 Å². The van der Waals surface area contributed by atoms with Crippen molar-refractivity contribution in [3.05, 3.63) is 45.6 Å². The van der Waals surface area contributed by atoms with Crippen molar-refractivity contribution in [2.24, 2.45) is 5.73 Å². The molecule has 0 atom stereocenters. The van der Waals surface area contributed by atoms with Gasteiger partial charge in [0, 0.05) is 5.56 Å². The van der Waals surface area contributed by atoms with E-state index in [0.717, 1.165) is 27.5 Å². The van der Waals surface area contributed by atoms with Crippen molar-refractivity contribution in [3.63, 3.8) is 0 Å². The highest BCUT2D eigenvalue weighted by Crippen LogP contribution is 2.29. The smallest absolute Gasteiger partial charge is 0.161 e. The summed E-state index contributed by atoms with van der Waals surface area (Å²) in [5.74, 6) is 7.40. The molecule has 20 heavy (non-hydrogen) atoms. The molecule has 0 saturated carbocycles. The Morgan fingerprint density at radius 2 is 2.10 bits per heavy atom. The number of aryl methyl sites for hydroxylation is 1. The number of nitrogens with two attached hydrogens (primary N) is 1. The van der Waals surface area contributed by atoms with Crippen molar-refractivity contribution < 1.29 is 9.47 Å². The molecule has 0 aliphatic rings. The molecule has 1 aromatic carbocycles. The van der Waals surface area contributed by atoms with Crippen LogP contribution in [0.1, 0.15) is 16.0 Å². The Morgan fingerprint density at radius 1 is 1.25 bits per heavy atom. The van der Waals surface area contributed by atoms with E-state index in [1.54, 1.807) is 18.4 Å². The van der Waals surface area contributed by atoms with Gasteiger partial charge in [-0.25, -0.2) is 0 Å². The van der Waals surface area contributed by atoms with E-state index in [2.05, 4.69) is 11.8 Å². The Balaban J connectivity index is 2.11. The number of ether oxygens (including phenoxy) is 2. The van der Waals surface area contributed by atoms with E-state index in [-0.39, 0.29) is 0 Å². The third-order valence-corrected chi connectivity index (χ3v) is 3.64. The second-order valence-corrected chi connectivity index (χ2v) is 5.21. The fourth-order valence-corrected chi connectivity index (χ4v) is 2.49. The van der Waals surface area contributed by atoms with Gasteiger partial charge in [-0.05, 0) is 36.1 Å². The minimum Gasteiger partial charge on any atom is -0.493 e. The number of hydrogen-bond donors (Lipinski definition) is 1. The van der Waals surface area contributed by atoms with Crippen molar-refractivity contribution in [2.45, 2.75) is 13.5 Å². The average molecular weight is 287 g/mol. The van der Waals surface area contributed by atoms with Crippen molar-refractivity contribution in [1.29, 1.82) is 0 Å². The van der Waals surface area contributed by atoms with Crippen LogP contribution in [0, 0.1) is 18.8 Å². The first-order valence-corrected chi connectivity index (χ1v) is 7.15. The fraction of sp³-hybridized carbons (Fsp3) is 0.250. The van der Waals surface area contributed by atoms with Gasteiger partial charge in [-0.15, -0.1) is 11.3 Å². The first-order chi connectivity index (χ1) is 9.74. The lowest BCUT2D eigenvalue weighted by Gasteiger charge is -2.10. The molecule has 3 nitrogen and oxygen atoms in total. The monoisotopic (exact) mass is 287 g/mol. The Kier molecular flexibility index (Phi) is 5.05. The average Bonchev–Trinajstić information content (AvgIpc) is 2.91. The third kappa shape index (κ3) is 3.53. The molecule has 0 amide bonds. The molecule has 0 fully saturated rings. The molecule has 0 unspecified atom stereocenters. The maximum Gasteiger partial charge on any atom is 0.161 e. The predicted molar refractivity (Wildman–Crippen MR) is 82.3 cm³/mol. The molecular weight excluding hydrogens is 270 g/mol. The largest absolute Gasteiger partial charge is 0.493 e. The molecular formula is C16H17NO2S. The molecule has 0 spiro atoms. The summed E-state index contributed by atoms with van der Waals surface area (Å²) in [4.78, 5) is 1.09. The quantitative estimate of drug-likeness (QED) is 0.879. The highest BCUT2D eigenvalue weighted by molar-refractivity contribution is 7.10. The van der Waals surface area contributed by atoms with Crippen LogP contribution in [0.25, 0.3) is 0 Å². The van der Waals surface area contributed by atoms with Gasteiger partial charge in [0.25, 0.3) is 0 Å². The van der Waals surface area contributed by atoms with Gasteiger partial charge in [0.15, 0.2) is 11.5 Å². The number of hydrogen-bond acceptors (Lipinski definition) is 4. The molecule has 0 aliphatic heterocycles. The van der Waals surface area contributed by atoms with E-state index in [1.165, 1.54) is 0 Å². The number of benzene rings is 1. The summed E-state index contributed by atoms with van der Waals surface area (Å²) in [6, 6.07) is 7.87. The SMILES string of the molecule is COc1cc(C)ccc1OCc1sccc1C#CCN. The van der Waals surface area contributed by atoms with Crippen molar-refractivity contribution in [1.82, 2.24) is 0 Å². The molecule has 2 N–H and O–H groups in total. The van der Waals surface area contributed by atoms with Gasteiger partial charge in [-0.3, -0.25) is 0 Å². The highest BCUT2D eigenvalue weighted by atomic mass is 32.1. The lowest BCUT2D eigenvalue weighted by Crippen LogP contribution is -1.98. The van der Waals surface area contributed by atoms with Gasteiger partial charge in [0.2, 0.25) is 0 Å². The summed E-state index contributed by atoms with van der Waals surface area (Å²) in [6.07, 6.45) is 0. The van der Waals surface area contributed by atoms with E-state index >= 15 is 0 Å². The maximum atomic E-state index is 5.83. The van der Waals surface area contributed by atoms with Crippen LogP contribution in [0.4, 0.5) is 0 Å². The van der Waals surface area contributed by atoms with Crippen LogP contribution < -0.4 is 15.2 Å². The van der Waals surface area contributed by atoms with E-state index in [1.807, 2.05) is 36.6 Å². The topological polar surface area (TPSA) is 44.5 Å². The molecule has 0 radical (unpaired) electrons. The van der Waals surface area contributed by atoms with Crippen LogP contribution in [0.3, 0.4) is 0 Å². The molecule has 1 aromatic heterocycles. The minimum atomic E-state index is 0.363. The Labute approximate surface area is 123 Å². The number of methoxy groups -OCH3 is 1. The summed E-state index contributed by atoms with van der Waals surface area (Å²) < 4.78 is 11.2. The molecule has 0 aliphatic carbocycles. The Hall–Kier alpha value is -1.96. The normalized spacial score (nSPS) is 9.75. The standard InChI is InChI=1S/C16H17NO2S/c1-12-5-6-14(15(10-12)18-2)19-11-16-13(4-3-8-17)7-9-20-16/h5-7,9-10H,8,11,17H2,1-2H3. The molecule has 0 saturated heterocycles. The molecule has 1 heterocycles. The summed E-state index contributed by atoms with van der Waals surface area (Å²) in [7, 11) is 1.64. The molecule has 0 bridgehead atoms. The van der Waals surface area contributed by atoms with Gasteiger partial charge < -0.3 is 15.2 Å². The second-order valence-electron chi connectivity index (χ2n) is 4.21. The molecule has 4 heteroatoms. The van der Waals surface area contributed by atoms with Gasteiger partial charge >= 0.3 is 0 Å². The highest BCUT2D eigenvalue weighted by Gasteiger charge is 2.07. The summed E-state index contributed by atoms with van der Waals surface area (Å²) in [5, 5.41) is 2.01. The van der Waals surface area contributed by atoms with Crippen LogP contribution in [0.2, 0.25) is 0 Å².